The largest absolute Gasteiger partial charge is 0.462 e. The predicted octanol–water partition coefficient (Wildman–Crippen LogP) is 4.00. The zero-order valence-electron chi connectivity index (χ0n) is 14.2. The van der Waals surface area contributed by atoms with Crippen LogP contribution in [0.3, 0.4) is 0 Å². The Morgan fingerprint density at radius 3 is 2.12 bits per heavy atom. The Balaban J connectivity index is 1.74. The molecule has 3 aromatic rings. The second-order valence-corrected chi connectivity index (χ2v) is 7.28. The van der Waals surface area contributed by atoms with Crippen LogP contribution in [-0.2, 0) is 9.53 Å². The third-order valence-corrected chi connectivity index (χ3v) is 5.19. The molecule has 0 saturated carbocycles. The van der Waals surface area contributed by atoms with E-state index in [9.17, 15) is 4.79 Å². The molecule has 0 amide bonds. The fraction of sp³-hybridized carbons (Fsp3) is 0.200. The van der Waals surface area contributed by atoms with Gasteiger partial charge in [0.1, 0.15) is 22.7 Å². The third kappa shape index (κ3) is 3.46. The number of aromatic nitrogens is 3. The van der Waals surface area contributed by atoms with Crippen molar-refractivity contribution in [1.29, 1.82) is 0 Å². The van der Waals surface area contributed by atoms with Crippen molar-refractivity contribution in [2.45, 2.75) is 29.9 Å². The van der Waals surface area contributed by atoms with Crippen molar-refractivity contribution < 1.29 is 9.53 Å². The molecular weight excluding hydrogens is 346 g/mol. The van der Waals surface area contributed by atoms with Gasteiger partial charge in [0.05, 0.1) is 0 Å². The molecule has 0 N–H and O–H groups in total. The summed E-state index contributed by atoms with van der Waals surface area (Å²) >= 11 is 1.32. The third-order valence-electron chi connectivity index (χ3n) is 4.14. The first-order valence-electron chi connectivity index (χ1n) is 8.43. The van der Waals surface area contributed by atoms with E-state index >= 15 is 0 Å². The van der Waals surface area contributed by atoms with Crippen LogP contribution in [0.15, 0.2) is 65.8 Å². The molecule has 1 aliphatic rings. The van der Waals surface area contributed by atoms with Gasteiger partial charge in [-0.25, -0.2) is 4.98 Å². The highest BCUT2D eigenvalue weighted by molar-refractivity contribution is 8.00. The molecule has 2 heterocycles. The Morgan fingerprint density at radius 1 is 0.923 bits per heavy atom. The van der Waals surface area contributed by atoms with Crippen molar-refractivity contribution >= 4 is 17.7 Å². The maximum absolute atomic E-state index is 11.9. The van der Waals surface area contributed by atoms with Gasteiger partial charge in [-0.3, -0.25) is 4.79 Å². The Kier molecular flexibility index (Phi) is 4.67. The highest BCUT2D eigenvalue weighted by atomic mass is 32.2. The van der Waals surface area contributed by atoms with Crippen LogP contribution >= 0.6 is 11.8 Å². The number of esters is 1. The summed E-state index contributed by atoms with van der Waals surface area (Å²) in [4.78, 5) is 16.6. The maximum atomic E-state index is 11.9. The number of cyclic esters (lactones) is 1. The van der Waals surface area contributed by atoms with Crippen LogP contribution in [0, 0.1) is 0 Å². The van der Waals surface area contributed by atoms with Gasteiger partial charge in [-0.1, -0.05) is 72.4 Å². The molecule has 2 atom stereocenters. The second kappa shape index (κ2) is 7.25. The molecule has 2 aromatic carbocycles. The summed E-state index contributed by atoms with van der Waals surface area (Å²) in [5.41, 5.74) is 3.40. The van der Waals surface area contributed by atoms with Gasteiger partial charge in [-0.05, 0) is 6.92 Å². The standard InChI is InChI=1S/C20H17N3O2S/c1-13-12-16(19(24)25-13)26-20-21-17(14-8-4-2-5-9-14)18(22-23-20)15-10-6-3-7-11-15/h2-11,13,16H,12H2,1H3. The molecule has 0 aliphatic carbocycles. The average Bonchev–Trinajstić information content (AvgIpc) is 3.00. The van der Waals surface area contributed by atoms with E-state index in [1.807, 2.05) is 67.6 Å². The minimum absolute atomic E-state index is 0.0647. The highest BCUT2D eigenvalue weighted by Crippen LogP contribution is 2.33. The van der Waals surface area contributed by atoms with Crippen molar-refractivity contribution in [3.05, 3.63) is 60.7 Å². The van der Waals surface area contributed by atoms with Gasteiger partial charge in [-0.15, -0.1) is 10.2 Å². The van der Waals surface area contributed by atoms with E-state index in [-0.39, 0.29) is 17.3 Å². The number of carbonyl (C=O) groups excluding carboxylic acids is 1. The summed E-state index contributed by atoms with van der Waals surface area (Å²) in [6.07, 6.45) is 0.596. The molecule has 1 fully saturated rings. The van der Waals surface area contributed by atoms with Crippen LogP contribution in [0.1, 0.15) is 13.3 Å². The van der Waals surface area contributed by atoms with Crippen molar-refractivity contribution in [3.8, 4) is 22.5 Å². The molecule has 0 radical (unpaired) electrons. The number of benzene rings is 2. The van der Waals surface area contributed by atoms with Gasteiger partial charge >= 0.3 is 5.97 Å². The monoisotopic (exact) mass is 363 g/mol. The smallest absolute Gasteiger partial charge is 0.319 e. The molecule has 26 heavy (non-hydrogen) atoms. The second-order valence-electron chi connectivity index (χ2n) is 6.11. The highest BCUT2D eigenvalue weighted by Gasteiger charge is 2.33. The SMILES string of the molecule is CC1CC(Sc2nnc(-c3ccccc3)c(-c3ccccc3)n2)C(=O)O1. The van der Waals surface area contributed by atoms with Crippen LogP contribution in [0.5, 0.6) is 0 Å². The lowest BCUT2D eigenvalue weighted by Crippen LogP contribution is -2.11. The maximum Gasteiger partial charge on any atom is 0.319 e. The quantitative estimate of drug-likeness (QED) is 0.653. The van der Waals surface area contributed by atoms with E-state index in [1.165, 1.54) is 11.8 Å². The summed E-state index contributed by atoms with van der Waals surface area (Å²) in [7, 11) is 0. The molecule has 1 saturated heterocycles. The van der Waals surface area contributed by atoms with E-state index in [1.54, 1.807) is 0 Å². The van der Waals surface area contributed by atoms with E-state index in [0.29, 0.717) is 11.6 Å². The summed E-state index contributed by atoms with van der Waals surface area (Å²) in [6.45, 7) is 1.89. The Labute approximate surface area is 155 Å². The van der Waals surface area contributed by atoms with Crippen LogP contribution in [0.2, 0.25) is 0 Å². The summed E-state index contributed by atoms with van der Waals surface area (Å²) in [5, 5.41) is 8.89. The lowest BCUT2D eigenvalue weighted by Gasteiger charge is -2.10. The van der Waals surface area contributed by atoms with Crippen molar-refractivity contribution in [3.63, 3.8) is 0 Å². The summed E-state index contributed by atoms with van der Waals surface area (Å²) in [6, 6.07) is 19.8. The molecule has 0 bridgehead atoms. The number of thioether (sulfide) groups is 1. The van der Waals surface area contributed by atoms with Crippen LogP contribution < -0.4 is 0 Å². The summed E-state index contributed by atoms with van der Waals surface area (Å²) in [5.74, 6) is -0.209. The summed E-state index contributed by atoms with van der Waals surface area (Å²) < 4.78 is 5.22. The van der Waals surface area contributed by atoms with Crippen molar-refractivity contribution in [1.82, 2.24) is 15.2 Å². The Morgan fingerprint density at radius 2 is 1.54 bits per heavy atom. The first-order chi connectivity index (χ1) is 12.7. The van der Waals surface area contributed by atoms with Gasteiger partial charge in [0, 0.05) is 17.5 Å². The van der Waals surface area contributed by atoms with Crippen LogP contribution in [0.25, 0.3) is 22.5 Å². The number of hydrogen-bond acceptors (Lipinski definition) is 6. The Bertz CT molecular complexity index is 919. The zero-order chi connectivity index (χ0) is 17.9. The van der Waals surface area contributed by atoms with E-state index in [2.05, 4.69) is 10.2 Å². The van der Waals surface area contributed by atoms with Gasteiger partial charge in [0.15, 0.2) is 0 Å². The molecule has 5 nitrogen and oxygen atoms in total. The molecule has 1 aromatic heterocycles. The minimum atomic E-state index is -0.280. The van der Waals surface area contributed by atoms with E-state index in [4.69, 9.17) is 9.72 Å². The first kappa shape index (κ1) is 16.7. The lowest BCUT2D eigenvalue weighted by atomic mass is 10.0. The van der Waals surface area contributed by atoms with Crippen LogP contribution in [-0.4, -0.2) is 32.5 Å². The zero-order valence-corrected chi connectivity index (χ0v) is 15.0. The van der Waals surface area contributed by atoms with Gasteiger partial charge in [0.25, 0.3) is 0 Å². The van der Waals surface area contributed by atoms with E-state index in [0.717, 1.165) is 22.5 Å². The predicted molar refractivity (Wildman–Crippen MR) is 101 cm³/mol. The molecule has 1 aliphatic heterocycles. The number of carbonyl (C=O) groups is 1. The van der Waals surface area contributed by atoms with E-state index < -0.39 is 0 Å². The lowest BCUT2D eigenvalue weighted by molar-refractivity contribution is -0.140. The number of hydrogen-bond donors (Lipinski definition) is 0. The fourth-order valence-electron chi connectivity index (χ4n) is 2.89. The minimum Gasteiger partial charge on any atom is -0.462 e. The molecule has 130 valence electrons. The normalized spacial score (nSPS) is 19.3. The molecule has 4 rings (SSSR count). The van der Waals surface area contributed by atoms with Gasteiger partial charge in [-0.2, -0.15) is 0 Å². The van der Waals surface area contributed by atoms with Gasteiger partial charge < -0.3 is 4.74 Å². The van der Waals surface area contributed by atoms with Crippen LogP contribution in [0.4, 0.5) is 0 Å². The molecule has 6 heteroatoms. The molecule has 0 spiro atoms. The number of nitrogens with zero attached hydrogens (tertiary/aromatic N) is 3. The average molecular weight is 363 g/mol. The molecular formula is C20H17N3O2S. The van der Waals surface area contributed by atoms with Crippen molar-refractivity contribution in [2.24, 2.45) is 0 Å². The van der Waals surface area contributed by atoms with Gasteiger partial charge in [0.2, 0.25) is 5.16 Å². The Hall–Kier alpha value is -2.73. The first-order valence-corrected chi connectivity index (χ1v) is 9.31. The molecule has 2 unspecified atom stereocenters. The number of rotatable bonds is 4. The topological polar surface area (TPSA) is 65.0 Å². The van der Waals surface area contributed by atoms with Crippen molar-refractivity contribution in [2.75, 3.05) is 0 Å². The fourth-order valence-corrected chi connectivity index (χ4v) is 3.90. The number of ether oxygens (including phenoxy) is 1.